The standard InChI is InChI=1S/C14H21NO/c1-2-5-11-6-3-7-12(10-11)14(16)13-8-4-9-15-13/h3,6-7,10,13-16H,2,4-5,8-9H2,1H3. The molecular formula is C14H21NO. The van der Waals surface area contributed by atoms with Crippen LogP contribution in [0.5, 0.6) is 0 Å². The molecule has 2 nitrogen and oxygen atoms in total. The maximum atomic E-state index is 10.3. The highest BCUT2D eigenvalue weighted by molar-refractivity contribution is 5.26. The van der Waals surface area contributed by atoms with Crippen LogP contribution in [0.3, 0.4) is 0 Å². The van der Waals surface area contributed by atoms with Gasteiger partial charge in [-0.3, -0.25) is 0 Å². The average Bonchev–Trinajstić information content (AvgIpc) is 2.82. The summed E-state index contributed by atoms with van der Waals surface area (Å²) in [6.45, 7) is 3.22. The van der Waals surface area contributed by atoms with E-state index < -0.39 is 0 Å². The summed E-state index contributed by atoms with van der Waals surface area (Å²) in [4.78, 5) is 0. The van der Waals surface area contributed by atoms with Crippen LogP contribution in [-0.2, 0) is 6.42 Å². The lowest BCUT2D eigenvalue weighted by molar-refractivity contribution is 0.137. The fourth-order valence-electron chi connectivity index (χ4n) is 2.43. The minimum atomic E-state index is -0.348. The van der Waals surface area contributed by atoms with E-state index in [9.17, 15) is 5.11 Å². The topological polar surface area (TPSA) is 32.3 Å². The van der Waals surface area contributed by atoms with E-state index in [-0.39, 0.29) is 12.1 Å². The van der Waals surface area contributed by atoms with Crippen molar-refractivity contribution in [2.45, 2.75) is 44.8 Å². The van der Waals surface area contributed by atoms with Crippen LogP contribution < -0.4 is 5.32 Å². The summed E-state index contributed by atoms with van der Waals surface area (Å²) in [5.74, 6) is 0. The lowest BCUT2D eigenvalue weighted by Crippen LogP contribution is -2.28. The monoisotopic (exact) mass is 219 g/mol. The van der Waals surface area contributed by atoms with Crippen LogP contribution in [0.1, 0.15) is 43.4 Å². The fourth-order valence-corrected chi connectivity index (χ4v) is 2.43. The molecule has 2 atom stereocenters. The first-order valence-corrected chi connectivity index (χ1v) is 6.31. The van der Waals surface area contributed by atoms with Gasteiger partial charge in [-0.2, -0.15) is 0 Å². The molecular weight excluding hydrogens is 198 g/mol. The second kappa shape index (κ2) is 5.46. The zero-order chi connectivity index (χ0) is 11.4. The van der Waals surface area contributed by atoms with Gasteiger partial charge in [0.2, 0.25) is 0 Å². The third kappa shape index (κ3) is 2.63. The summed E-state index contributed by atoms with van der Waals surface area (Å²) in [7, 11) is 0. The minimum absolute atomic E-state index is 0.247. The van der Waals surface area contributed by atoms with Gasteiger partial charge in [-0.05, 0) is 36.9 Å². The molecule has 2 unspecified atom stereocenters. The van der Waals surface area contributed by atoms with Gasteiger partial charge in [0.1, 0.15) is 0 Å². The number of hydrogen-bond donors (Lipinski definition) is 2. The summed E-state index contributed by atoms with van der Waals surface area (Å²) >= 11 is 0. The molecule has 1 aromatic rings. The molecule has 0 bridgehead atoms. The van der Waals surface area contributed by atoms with Gasteiger partial charge in [-0.15, -0.1) is 0 Å². The van der Waals surface area contributed by atoms with Crippen molar-refractivity contribution in [1.29, 1.82) is 0 Å². The number of aliphatic hydroxyl groups is 1. The Balaban J connectivity index is 2.09. The van der Waals surface area contributed by atoms with Gasteiger partial charge in [0, 0.05) is 6.04 Å². The second-order valence-electron chi connectivity index (χ2n) is 4.64. The van der Waals surface area contributed by atoms with E-state index in [1.54, 1.807) is 0 Å². The van der Waals surface area contributed by atoms with E-state index in [1.807, 2.05) is 6.07 Å². The molecule has 0 aromatic heterocycles. The third-order valence-corrected chi connectivity index (χ3v) is 3.31. The molecule has 0 radical (unpaired) electrons. The highest BCUT2D eigenvalue weighted by Gasteiger charge is 2.23. The number of nitrogens with one attached hydrogen (secondary N) is 1. The SMILES string of the molecule is CCCc1cccc(C(O)C2CCCN2)c1. The van der Waals surface area contributed by atoms with Crippen LogP contribution in [-0.4, -0.2) is 17.7 Å². The Bertz CT molecular complexity index is 331. The van der Waals surface area contributed by atoms with Crippen molar-refractivity contribution in [1.82, 2.24) is 5.32 Å². The number of benzene rings is 1. The fraction of sp³-hybridized carbons (Fsp3) is 0.571. The molecule has 0 saturated carbocycles. The Morgan fingerprint density at radius 1 is 1.50 bits per heavy atom. The zero-order valence-corrected chi connectivity index (χ0v) is 9.95. The molecule has 88 valence electrons. The van der Waals surface area contributed by atoms with E-state index in [1.165, 1.54) is 12.0 Å². The number of aryl methyl sites for hydroxylation is 1. The van der Waals surface area contributed by atoms with Gasteiger partial charge in [0.25, 0.3) is 0 Å². The summed E-state index contributed by atoms with van der Waals surface area (Å²) in [6.07, 6.45) is 4.16. The molecule has 0 amide bonds. The average molecular weight is 219 g/mol. The van der Waals surface area contributed by atoms with Gasteiger partial charge in [0.15, 0.2) is 0 Å². The van der Waals surface area contributed by atoms with Gasteiger partial charge >= 0.3 is 0 Å². The van der Waals surface area contributed by atoms with Crippen LogP contribution >= 0.6 is 0 Å². The van der Waals surface area contributed by atoms with Crippen LogP contribution in [0.25, 0.3) is 0 Å². The van der Waals surface area contributed by atoms with E-state index in [4.69, 9.17) is 0 Å². The number of rotatable bonds is 4. The predicted octanol–water partition coefficient (Wildman–Crippen LogP) is 2.42. The Morgan fingerprint density at radius 2 is 2.38 bits per heavy atom. The molecule has 0 spiro atoms. The largest absolute Gasteiger partial charge is 0.387 e. The molecule has 16 heavy (non-hydrogen) atoms. The second-order valence-corrected chi connectivity index (χ2v) is 4.64. The third-order valence-electron chi connectivity index (χ3n) is 3.31. The zero-order valence-electron chi connectivity index (χ0n) is 9.95. The van der Waals surface area contributed by atoms with Gasteiger partial charge in [0.05, 0.1) is 6.10 Å². The molecule has 2 heteroatoms. The molecule has 1 aromatic carbocycles. The van der Waals surface area contributed by atoms with Crippen LogP contribution in [0.4, 0.5) is 0 Å². The first-order valence-electron chi connectivity index (χ1n) is 6.31. The molecule has 1 fully saturated rings. The van der Waals surface area contributed by atoms with Crippen LogP contribution in [0, 0.1) is 0 Å². The van der Waals surface area contributed by atoms with Crippen molar-refractivity contribution in [3.05, 3.63) is 35.4 Å². The molecule has 1 aliphatic heterocycles. The van der Waals surface area contributed by atoms with E-state index in [0.717, 1.165) is 31.4 Å². The summed E-state index contributed by atoms with van der Waals surface area (Å²) < 4.78 is 0. The van der Waals surface area contributed by atoms with E-state index in [2.05, 4.69) is 30.4 Å². The van der Waals surface area contributed by atoms with Crippen molar-refractivity contribution >= 4 is 0 Å². The van der Waals surface area contributed by atoms with Crippen molar-refractivity contribution in [3.8, 4) is 0 Å². The molecule has 2 N–H and O–H groups in total. The highest BCUT2D eigenvalue weighted by Crippen LogP contribution is 2.23. The quantitative estimate of drug-likeness (QED) is 0.815. The van der Waals surface area contributed by atoms with Gasteiger partial charge in [-0.1, -0.05) is 37.6 Å². The van der Waals surface area contributed by atoms with E-state index >= 15 is 0 Å². The molecule has 1 saturated heterocycles. The first kappa shape index (κ1) is 11.6. The Hall–Kier alpha value is -0.860. The van der Waals surface area contributed by atoms with E-state index in [0.29, 0.717) is 0 Å². The summed E-state index contributed by atoms with van der Waals surface area (Å²) in [5, 5.41) is 13.6. The van der Waals surface area contributed by atoms with Crippen LogP contribution in [0.2, 0.25) is 0 Å². The normalized spacial score (nSPS) is 22.2. The molecule has 0 aliphatic carbocycles. The highest BCUT2D eigenvalue weighted by atomic mass is 16.3. The van der Waals surface area contributed by atoms with Crippen molar-refractivity contribution in [3.63, 3.8) is 0 Å². The summed E-state index contributed by atoms with van der Waals surface area (Å²) in [5.41, 5.74) is 2.39. The maximum absolute atomic E-state index is 10.3. The number of aliphatic hydroxyl groups excluding tert-OH is 1. The smallest absolute Gasteiger partial charge is 0.0943 e. The van der Waals surface area contributed by atoms with Gasteiger partial charge < -0.3 is 10.4 Å². The molecule has 1 heterocycles. The predicted molar refractivity (Wildman–Crippen MR) is 66.4 cm³/mol. The Morgan fingerprint density at radius 3 is 3.06 bits per heavy atom. The minimum Gasteiger partial charge on any atom is -0.387 e. The van der Waals surface area contributed by atoms with Crippen molar-refractivity contribution in [2.75, 3.05) is 6.54 Å². The van der Waals surface area contributed by atoms with Crippen LogP contribution in [0.15, 0.2) is 24.3 Å². The molecule has 2 rings (SSSR count). The first-order chi connectivity index (χ1) is 7.81. The molecule has 1 aliphatic rings. The maximum Gasteiger partial charge on any atom is 0.0943 e. The Labute approximate surface area is 97.7 Å². The lowest BCUT2D eigenvalue weighted by atomic mass is 9.98. The number of hydrogen-bond acceptors (Lipinski definition) is 2. The summed E-state index contributed by atoms with van der Waals surface area (Å²) in [6, 6.07) is 8.62. The van der Waals surface area contributed by atoms with Crippen molar-refractivity contribution < 1.29 is 5.11 Å². The van der Waals surface area contributed by atoms with Crippen molar-refractivity contribution in [2.24, 2.45) is 0 Å². The van der Waals surface area contributed by atoms with Gasteiger partial charge in [-0.25, -0.2) is 0 Å². The Kier molecular flexibility index (Phi) is 3.97. The lowest BCUT2D eigenvalue weighted by Gasteiger charge is -2.19.